The van der Waals surface area contributed by atoms with Gasteiger partial charge in [-0.3, -0.25) is 4.79 Å². The lowest BCUT2D eigenvalue weighted by molar-refractivity contribution is -0.123. The molecule has 0 fully saturated rings. The van der Waals surface area contributed by atoms with Gasteiger partial charge >= 0.3 is 0 Å². The van der Waals surface area contributed by atoms with Gasteiger partial charge in [-0.2, -0.15) is 10.2 Å². The first-order valence-corrected chi connectivity index (χ1v) is 11.6. The quantitative estimate of drug-likeness (QED) is 0.243. The van der Waals surface area contributed by atoms with Crippen LogP contribution in [0, 0.1) is 0 Å². The number of methoxy groups -OCH3 is 1. The number of para-hydroxylation sites is 3. The van der Waals surface area contributed by atoms with Crippen molar-refractivity contribution in [3.63, 3.8) is 0 Å². The van der Waals surface area contributed by atoms with E-state index in [1.807, 2.05) is 72.9 Å². The molecule has 0 atom stereocenters. The molecule has 0 saturated carbocycles. The minimum Gasteiger partial charge on any atom is -0.494 e. The first-order chi connectivity index (χ1) is 17.7. The van der Waals surface area contributed by atoms with Crippen LogP contribution >= 0.6 is 0 Å². The molecule has 1 amide bonds. The van der Waals surface area contributed by atoms with Crippen molar-refractivity contribution in [2.24, 2.45) is 5.10 Å². The molecule has 0 bridgehead atoms. The van der Waals surface area contributed by atoms with Crippen molar-refractivity contribution in [1.82, 2.24) is 15.2 Å². The smallest absolute Gasteiger partial charge is 0.277 e. The molecule has 1 N–H and O–H groups in total. The highest BCUT2D eigenvalue weighted by molar-refractivity contribution is 5.89. The van der Waals surface area contributed by atoms with E-state index in [-0.39, 0.29) is 6.61 Å². The summed E-state index contributed by atoms with van der Waals surface area (Å²) in [5.41, 5.74) is 5.79. The molecule has 0 saturated heterocycles. The van der Waals surface area contributed by atoms with E-state index in [1.165, 1.54) is 0 Å². The predicted molar refractivity (Wildman–Crippen MR) is 139 cm³/mol. The summed E-state index contributed by atoms with van der Waals surface area (Å²) in [5.74, 6) is 1.45. The van der Waals surface area contributed by atoms with Crippen molar-refractivity contribution in [3.8, 4) is 34.2 Å². The third kappa shape index (κ3) is 6.29. The van der Waals surface area contributed by atoms with E-state index in [1.54, 1.807) is 30.1 Å². The van der Waals surface area contributed by atoms with E-state index in [0.717, 1.165) is 34.7 Å². The summed E-state index contributed by atoms with van der Waals surface area (Å²) in [4.78, 5) is 12.3. The summed E-state index contributed by atoms with van der Waals surface area (Å²) in [6, 6.07) is 24.7. The van der Waals surface area contributed by atoms with Crippen molar-refractivity contribution >= 4 is 12.1 Å². The van der Waals surface area contributed by atoms with Crippen molar-refractivity contribution in [3.05, 3.63) is 90.6 Å². The van der Waals surface area contributed by atoms with Crippen molar-refractivity contribution in [2.45, 2.75) is 13.3 Å². The van der Waals surface area contributed by atoms with Crippen molar-refractivity contribution < 1.29 is 19.0 Å². The fraction of sp³-hybridized carbons (Fsp3) is 0.179. The van der Waals surface area contributed by atoms with Gasteiger partial charge in [-0.05, 0) is 55.0 Å². The minimum atomic E-state index is -0.397. The third-order valence-corrected chi connectivity index (χ3v) is 5.18. The van der Waals surface area contributed by atoms with Gasteiger partial charge in [0.1, 0.15) is 11.4 Å². The molecule has 1 aromatic heterocycles. The number of amides is 1. The number of hydrogen-bond donors (Lipinski definition) is 1. The second-order valence-corrected chi connectivity index (χ2v) is 7.82. The summed E-state index contributed by atoms with van der Waals surface area (Å²) in [6.45, 7) is 2.53. The number of rotatable bonds is 11. The van der Waals surface area contributed by atoms with Gasteiger partial charge in [0.25, 0.3) is 5.91 Å². The maximum Gasteiger partial charge on any atom is 0.277 e. The Labute approximate surface area is 210 Å². The van der Waals surface area contributed by atoms with Crippen LogP contribution in [0.3, 0.4) is 0 Å². The van der Waals surface area contributed by atoms with Gasteiger partial charge in [-0.15, -0.1) is 0 Å². The highest BCUT2D eigenvalue weighted by Gasteiger charge is 2.12. The molecule has 0 spiro atoms. The Bertz CT molecular complexity index is 1300. The molecule has 8 heteroatoms. The third-order valence-electron chi connectivity index (χ3n) is 5.18. The number of carbonyl (C=O) groups is 1. The molecular formula is C28H28N4O4. The first kappa shape index (κ1) is 24.5. The van der Waals surface area contributed by atoms with Crippen LogP contribution in [-0.4, -0.2) is 42.2 Å². The Morgan fingerprint density at radius 2 is 1.69 bits per heavy atom. The summed E-state index contributed by atoms with van der Waals surface area (Å²) < 4.78 is 18.3. The molecular weight excluding hydrogens is 456 g/mol. The normalized spacial score (nSPS) is 10.8. The first-order valence-electron chi connectivity index (χ1n) is 11.6. The topological polar surface area (TPSA) is 87.0 Å². The van der Waals surface area contributed by atoms with Gasteiger partial charge in [0.05, 0.1) is 25.6 Å². The van der Waals surface area contributed by atoms with E-state index in [4.69, 9.17) is 19.3 Å². The average Bonchev–Trinajstić information content (AvgIpc) is 3.36. The van der Waals surface area contributed by atoms with Crippen LogP contribution in [-0.2, 0) is 4.79 Å². The zero-order valence-electron chi connectivity index (χ0n) is 20.3. The van der Waals surface area contributed by atoms with Crippen molar-refractivity contribution in [1.29, 1.82) is 0 Å². The van der Waals surface area contributed by atoms with Crippen LogP contribution in [0.2, 0.25) is 0 Å². The molecule has 36 heavy (non-hydrogen) atoms. The van der Waals surface area contributed by atoms with Crippen LogP contribution in [0.15, 0.2) is 90.2 Å². The van der Waals surface area contributed by atoms with Gasteiger partial charge in [-0.1, -0.05) is 37.3 Å². The van der Waals surface area contributed by atoms with Crippen LogP contribution in [0.4, 0.5) is 0 Å². The molecule has 3 aromatic carbocycles. The van der Waals surface area contributed by atoms with Crippen molar-refractivity contribution in [2.75, 3.05) is 20.3 Å². The predicted octanol–water partition coefficient (Wildman–Crippen LogP) is 4.87. The highest BCUT2D eigenvalue weighted by Crippen LogP contribution is 2.26. The molecule has 0 aliphatic rings. The van der Waals surface area contributed by atoms with Gasteiger partial charge in [-0.25, -0.2) is 10.1 Å². The maximum atomic E-state index is 12.3. The Morgan fingerprint density at radius 1 is 0.972 bits per heavy atom. The summed E-state index contributed by atoms with van der Waals surface area (Å²) in [6.07, 6.45) is 4.39. The molecule has 184 valence electrons. The summed E-state index contributed by atoms with van der Waals surface area (Å²) >= 11 is 0. The Hall–Kier alpha value is -4.59. The van der Waals surface area contributed by atoms with E-state index in [2.05, 4.69) is 17.5 Å². The molecule has 0 aliphatic carbocycles. The fourth-order valence-corrected chi connectivity index (χ4v) is 3.44. The zero-order chi connectivity index (χ0) is 25.2. The Balaban J connectivity index is 1.49. The lowest BCUT2D eigenvalue weighted by Crippen LogP contribution is -2.24. The number of hydrogen-bond acceptors (Lipinski definition) is 6. The van der Waals surface area contributed by atoms with Crippen LogP contribution in [0.1, 0.15) is 18.9 Å². The number of nitrogens with zero attached hydrogens (tertiary/aromatic N) is 3. The lowest BCUT2D eigenvalue weighted by atomic mass is 10.1. The maximum absolute atomic E-state index is 12.3. The molecule has 0 aliphatic heterocycles. The second kappa shape index (κ2) is 12.2. The highest BCUT2D eigenvalue weighted by atomic mass is 16.5. The Morgan fingerprint density at radius 3 is 2.42 bits per heavy atom. The van der Waals surface area contributed by atoms with Crippen LogP contribution in [0.25, 0.3) is 16.9 Å². The number of carbonyl (C=O) groups excluding carboxylic acids is 1. The molecule has 4 rings (SSSR count). The van der Waals surface area contributed by atoms with E-state index >= 15 is 0 Å². The largest absolute Gasteiger partial charge is 0.494 e. The fourth-order valence-electron chi connectivity index (χ4n) is 3.44. The van der Waals surface area contributed by atoms with E-state index < -0.39 is 5.91 Å². The van der Waals surface area contributed by atoms with E-state index in [0.29, 0.717) is 18.1 Å². The molecule has 8 nitrogen and oxygen atoms in total. The molecule has 4 aromatic rings. The summed E-state index contributed by atoms with van der Waals surface area (Å²) in [5, 5.41) is 8.90. The number of benzene rings is 3. The number of hydrazone groups is 1. The monoisotopic (exact) mass is 484 g/mol. The van der Waals surface area contributed by atoms with Crippen LogP contribution in [0.5, 0.6) is 17.2 Å². The molecule has 1 heterocycles. The second-order valence-electron chi connectivity index (χ2n) is 7.82. The average molecular weight is 485 g/mol. The van der Waals surface area contributed by atoms with Gasteiger partial charge in [0.15, 0.2) is 18.1 Å². The van der Waals surface area contributed by atoms with E-state index in [9.17, 15) is 4.79 Å². The van der Waals surface area contributed by atoms with Gasteiger partial charge in [0, 0.05) is 17.3 Å². The Kier molecular flexibility index (Phi) is 8.32. The molecule has 0 unspecified atom stereocenters. The van der Waals surface area contributed by atoms with Gasteiger partial charge < -0.3 is 14.2 Å². The summed E-state index contributed by atoms with van der Waals surface area (Å²) in [7, 11) is 1.55. The zero-order valence-corrected chi connectivity index (χ0v) is 20.3. The van der Waals surface area contributed by atoms with Crippen LogP contribution < -0.4 is 19.6 Å². The number of nitrogens with one attached hydrogen (secondary N) is 1. The standard InChI is InChI=1S/C28H28N4O4/c1-3-17-35-24-15-13-21(14-16-24)28-22(19-32(31-28)23-9-5-4-6-10-23)18-29-30-27(33)20-36-26-12-8-7-11-25(26)34-2/h4-16,18-19H,3,17,20H2,1-2H3,(H,30,33)/b29-18+. The van der Waals surface area contributed by atoms with Gasteiger partial charge in [0.2, 0.25) is 0 Å². The SMILES string of the molecule is CCCOc1ccc(-c2nn(-c3ccccc3)cc2/C=N/NC(=O)COc2ccccc2OC)cc1. The molecule has 0 radical (unpaired) electrons. The number of aromatic nitrogens is 2. The minimum absolute atomic E-state index is 0.201. The number of ether oxygens (including phenoxy) is 3. The lowest BCUT2D eigenvalue weighted by Gasteiger charge is -2.09.